The fourth-order valence-electron chi connectivity index (χ4n) is 2.32. The number of carbonyl (C=O) groups is 1. The van der Waals surface area contributed by atoms with E-state index in [9.17, 15) is 17.6 Å². The summed E-state index contributed by atoms with van der Waals surface area (Å²) < 4.78 is 45.4. The molecule has 0 fully saturated rings. The second-order valence-corrected chi connectivity index (χ2v) is 7.49. The van der Waals surface area contributed by atoms with Gasteiger partial charge < -0.3 is 10.1 Å². The van der Waals surface area contributed by atoms with Crippen molar-refractivity contribution in [3.63, 3.8) is 0 Å². The zero-order chi connectivity index (χ0) is 19.2. The second kappa shape index (κ2) is 8.88. The highest BCUT2D eigenvalue weighted by molar-refractivity contribution is 7.89. The van der Waals surface area contributed by atoms with Crippen LogP contribution < -0.4 is 10.0 Å². The van der Waals surface area contributed by atoms with Gasteiger partial charge >= 0.3 is 0 Å². The van der Waals surface area contributed by atoms with E-state index in [1.54, 1.807) is 25.1 Å². The molecule has 26 heavy (non-hydrogen) atoms. The maximum Gasteiger partial charge on any atom is 0.251 e. The molecule has 0 aliphatic rings. The van der Waals surface area contributed by atoms with Crippen LogP contribution in [0.4, 0.5) is 4.39 Å². The molecule has 0 heterocycles. The molecule has 0 aromatic heterocycles. The number of benzene rings is 2. The Balaban J connectivity index is 2.02. The molecule has 1 atom stereocenters. The molecule has 0 bridgehead atoms. The highest BCUT2D eigenvalue weighted by atomic mass is 32.2. The third-order valence-corrected chi connectivity index (χ3v) is 5.20. The summed E-state index contributed by atoms with van der Waals surface area (Å²) in [5, 5.41) is 2.60. The third kappa shape index (κ3) is 5.35. The fraction of sp³-hybridized carbons (Fsp3) is 0.278. The molecule has 1 amide bonds. The van der Waals surface area contributed by atoms with E-state index in [1.165, 1.54) is 37.4 Å². The van der Waals surface area contributed by atoms with E-state index in [2.05, 4.69) is 10.0 Å². The number of hydrogen-bond acceptors (Lipinski definition) is 4. The third-order valence-electron chi connectivity index (χ3n) is 3.60. The van der Waals surface area contributed by atoms with E-state index >= 15 is 0 Å². The van der Waals surface area contributed by atoms with Crippen LogP contribution in [-0.2, 0) is 21.3 Å². The van der Waals surface area contributed by atoms with E-state index in [0.29, 0.717) is 5.56 Å². The van der Waals surface area contributed by atoms with Gasteiger partial charge in [0.15, 0.2) is 0 Å². The van der Waals surface area contributed by atoms with Gasteiger partial charge in [-0.05, 0) is 37.3 Å². The van der Waals surface area contributed by atoms with Crippen LogP contribution >= 0.6 is 0 Å². The van der Waals surface area contributed by atoms with Gasteiger partial charge in [-0.15, -0.1) is 0 Å². The van der Waals surface area contributed by atoms with Gasteiger partial charge in [0, 0.05) is 30.8 Å². The van der Waals surface area contributed by atoms with Crippen molar-refractivity contribution >= 4 is 15.9 Å². The highest BCUT2D eigenvalue weighted by Gasteiger charge is 2.18. The van der Waals surface area contributed by atoms with Crippen LogP contribution in [0.2, 0.25) is 0 Å². The minimum atomic E-state index is -3.70. The van der Waals surface area contributed by atoms with E-state index in [1.807, 2.05) is 0 Å². The van der Waals surface area contributed by atoms with Crippen LogP contribution in [0.15, 0.2) is 53.4 Å². The Morgan fingerprint density at radius 1 is 1.15 bits per heavy atom. The molecule has 0 aliphatic heterocycles. The van der Waals surface area contributed by atoms with Crippen molar-refractivity contribution in [1.82, 2.24) is 10.0 Å². The quantitative estimate of drug-likeness (QED) is 0.734. The Morgan fingerprint density at radius 2 is 1.81 bits per heavy atom. The number of sulfonamides is 1. The number of hydrogen-bond donors (Lipinski definition) is 2. The van der Waals surface area contributed by atoms with Crippen molar-refractivity contribution in [3.8, 4) is 0 Å². The monoisotopic (exact) mass is 380 g/mol. The lowest BCUT2D eigenvalue weighted by molar-refractivity contribution is 0.0950. The summed E-state index contributed by atoms with van der Waals surface area (Å²) in [5.41, 5.74) is 0.654. The van der Waals surface area contributed by atoms with Crippen molar-refractivity contribution in [2.45, 2.75) is 24.4 Å². The lowest BCUT2D eigenvalue weighted by Crippen LogP contribution is -2.35. The topological polar surface area (TPSA) is 84.5 Å². The van der Waals surface area contributed by atoms with Crippen molar-refractivity contribution < 1.29 is 22.3 Å². The minimum absolute atomic E-state index is 0.0433. The SMILES string of the molecule is COC[C@H](C)NS(=O)(=O)c1ccc(C(=O)NCc2ccccc2F)cc1. The first-order chi connectivity index (χ1) is 12.3. The Bertz CT molecular complexity index is 854. The molecule has 2 aromatic rings. The molecular formula is C18H21FN2O4S. The Kier molecular flexibility index (Phi) is 6.84. The molecule has 6 nitrogen and oxygen atoms in total. The molecule has 8 heteroatoms. The van der Waals surface area contributed by atoms with Crippen molar-refractivity contribution in [3.05, 3.63) is 65.5 Å². The normalized spacial score (nSPS) is 12.6. The van der Waals surface area contributed by atoms with Gasteiger partial charge in [0.2, 0.25) is 10.0 Å². The Labute approximate surface area is 152 Å². The van der Waals surface area contributed by atoms with Gasteiger partial charge in [-0.3, -0.25) is 4.79 Å². The van der Waals surface area contributed by atoms with E-state index in [0.717, 1.165) is 0 Å². The van der Waals surface area contributed by atoms with Crippen LogP contribution in [0.5, 0.6) is 0 Å². The van der Waals surface area contributed by atoms with Crippen molar-refractivity contribution in [2.24, 2.45) is 0 Å². The molecule has 0 saturated carbocycles. The zero-order valence-electron chi connectivity index (χ0n) is 14.5. The van der Waals surface area contributed by atoms with Gasteiger partial charge in [-0.1, -0.05) is 18.2 Å². The lowest BCUT2D eigenvalue weighted by atomic mass is 10.2. The number of amides is 1. The summed E-state index contributed by atoms with van der Waals surface area (Å²) in [6.07, 6.45) is 0. The van der Waals surface area contributed by atoms with E-state index in [-0.39, 0.29) is 29.7 Å². The molecule has 0 aliphatic carbocycles. The molecule has 0 unspecified atom stereocenters. The van der Waals surface area contributed by atoms with Crippen LogP contribution in [-0.4, -0.2) is 34.1 Å². The van der Waals surface area contributed by atoms with Gasteiger partial charge in [-0.25, -0.2) is 17.5 Å². The summed E-state index contributed by atoms with van der Waals surface area (Å²) in [4.78, 5) is 12.2. The largest absolute Gasteiger partial charge is 0.383 e. The van der Waals surface area contributed by atoms with Gasteiger partial charge in [0.05, 0.1) is 11.5 Å². The number of ether oxygens (including phenoxy) is 1. The molecule has 2 aromatic carbocycles. The average Bonchev–Trinajstić information content (AvgIpc) is 2.60. The van der Waals surface area contributed by atoms with Crippen LogP contribution in [0.1, 0.15) is 22.8 Å². The lowest BCUT2D eigenvalue weighted by Gasteiger charge is -2.13. The van der Waals surface area contributed by atoms with Crippen LogP contribution in [0.25, 0.3) is 0 Å². The zero-order valence-corrected chi connectivity index (χ0v) is 15.3. The molecule has 0 radical (unpaired) electrons. The average molecular weight is 380 g/mol. The summed E-state index contributed by atoms with van der Waals surface area (Å²) in [6, 6.07) is 11.3. The number of methoxy groups -OCH3 is 1. The fourth-order valence-corrected chi connectivity index (χ4v) is 3.55. The summed E-state index contributed by atoms with van der Waals surface area (Å²) in [6.45, 7) is 1.98. The molecular weight excluding hydrogens is 359 g/mol. The minimum Gasteiger partial charge on any atom is -0.383 e. The summed E-state index contributed by atoms with van der Waals surface area (Å²) in [5.74, 6) is -0.816. The maximum absolute atomic E-state index is 13.6. The van der Waals surface area contributed by atoms with Crippen LogP contribution in [0.3, 0.4) is 0 Å². The van der Waals surface area contributed by atoms with E-state index < -0.39 is 21.7 Å². The number of carbonyl (C=O) groups excluding carboxylic acids is 1. The number of halogens is 1. The van der Waals surface area contributed by atoms with Crippen molar-refractivity contribution in [1.29, 1.82) is 0 Å². The second-order valence-electron chi connectivity index (χ2n) is 5.78. The first-order valence-electron chi connectivity index (χ1n) is 7.96. The molecule has 140 valence electrons. The molecule has 2 rings (SSSR count). The standard InChI is InChI=1S/C18H21FN2O4S/c1-13(12-25-2)21-26(23,24)16-9-7-14(8-10-16)18(22)20-11-15-5-3-4-6-17(15)19/h3-10,13,21H,11-12H2,1-2H3,(H,20,22)/t13-/m0/s1. The summed E-state index contributed by atoms with van der Waals surface area (Å²) in [7, 11) is -2.21. The number of nitrogens with one attached hydrogen (secondary N) is 2. The predicted octanol–water partition coefficient (Wildman–Crippen LogP) is 2.07. The molecule has 0 saturated heterocycles. The summed E-state index contributed by atoms with van der Waals surface area (Å²) >= 11 is 0. The first-order valence-corrected chi connectivity index (χ1v) is 9.44. The van der Waals surface area contributed by atoms with Crippen LogP contribution in [0, 0.1) is 5.82 Å². The molecule has 2 N–H and O–H groups in total. The molecule has 0 spiro atoms. The maximum atomic E-state index is 13.6. The Morgan fingerprint density at radius 3 is 2.42 bits per heavy atom. The van der Waals surface area contributed by atoms with Crippen molar-refractivity contribution in [2.75, 3.05) is 13.7 Å². The van der Waals surface area contributed by atoms with Gasteiger partial charge in [0.1, 0.15) is 5.82 Å². The smallest absolute Gasteiger partial charge is 0.251 e. The van der Waals surface area contributed by atoms with E-state index in [4.69, 9.17) is 4.74 Å². The van der Waals surface area contributed by atoms with Gasteiger partial charge in [-0.2, -0.15) is 0 Å². The van der Waals surface area contributed by atoms with Gasteiger partial charge in [0.25, 0.3) is 5.91 Å². The number of rotatable bonds is 8. The first kappa shape index (κ1) is 20.0. The highest BCUT2D eigenvalue weighted by Crippen LogP contribution is 2.12. The Hall–Kier alpha value is -2.29. The predicted molar refractivity (Wildman–Crippen MR) is 95.7 cm³/mol.